The van der Waals surface area contributed by atoms with Gasteiger partial charge in [-0.25, -0.2) is 0 Å². The summed E-state index contributed by atoms with van der Waals surface area (Å²) in [5, 5.41) is 59.7. The molecular formula is C27H36O12. The van der Waals surface area contributed by atoms with Gasteiger partial charge in [-0.15, -0.1) is 0 Å². The Labute approximate surface area is 225 Å². The van der Waals surface area contributed by atoms with Gasteiger partial charge in [0.2, 0.25) is 12.0 Å². The van der Waals surface area contributed by atoms with E-state index in [4.69, 9.17) is 28.4 Å². The summed E-state index contributed by atoms with van der Waals surface area (Å²) >= 11 is 0. The van der Waals surface area contributed by atoms with Crippen molar-refractivity contribution in [2.45, 2.75) is 55.6 Å². The molecule has 0 amide bonds. The fourth-order valence-electron chi connectivity index (χ4n) is 4.99. The Bertz CT molecular complexity index is 1100. The van der Waals surface area contributed by atoms with Crippen molar-refractivity contribution in [1.29, 1.82) is 0 Å². The second-order valence-corrected chi connectivity index (χ2v) is 9.44. The molecule has 2 aromatic rings. The quantitative estimate of drug-likeness (QED) is 0.221. The number of hydrogen-bond acceptors (Lipinski definition) is 12. The maximum atomic E-state index is 10.4. The summed E-state index contributed by atoms with van der Waals surface area (Å²) in [6.07, 6.45) is -6.81. The molecule has 12 heteroatoms. The van der Waals surface area contributed by atoms with Crippen LogP contribution in [-0.4, -0.2) is 102 Å². The Balaban J connectivity index is 1.68. The average molecular weight is 553 g/mol. The number of fused-ring (bicyclic) bond motifs is 1. The Hall–Kier alpha value is -2.84. The minimum absolute atomic E-state index is 0.0491. The van der Waals surface area contributed by atoms with E-state index in [9.17, 15) is 30.6 Å². The highest BCUT2D eigenvalue weighted by atomic mass is 16.7. The second kappa shape index (κ2) is 12.6. The summed E-state index contributed by atoms with van der Waals surface area (Å²) in [6, 6.07) is 7.07. The number of aliphatic hydroxyl groups is 6. The number of aryl methyl sites for hydroxylation is 1. The fourth-order valence-corrected chi connectivity index (χ4v) is 4.99. The van der Waals surface area contributed by atoms with Crippen molar-refractivity contribution in [2.75, 3.05) is 41.2 Å². The van der Waals surface area contributed by atoms with Gasteiger partial charge in [0.05, 0.1) is 40.5 Å². The molecule has 7 atom stereocenters. The molecule has 1 saturated heterocycles. The monoisotopic (exact) mass is 552 g/mol. The highest BCUT2D eigenvalue weighted by Crippen LogP contribution is 2.53. The number of ether oxygens (including phenoxy) is 6. The molecular weight excluding hydrogens is 516 g/mol. The van der Waals surface area contributed by atoms with Gasteiger partial charge >= 0.3 is 0 Å². The molecule has 2 heterocycles. The van der Waals surface area contributed by atoms with Crippen LogP contribution in [-0.2, 0) is 11.2 Å². The third kappa shape index (κ3) is 5.59. The first kappa shape index (κ1) is 29.2. The highest BCUT2D eigenvalue weighted by molar-refractivity contribution is 5.58. The van der Waals surface area contributed by atoms with Crippen LogP contribution in [0.4, 0.5) is 0 Å². The Morgan fingerprint density at radius 1 is 0.795 bits per heavy atom. The van der Waals surface area contributed by atoms with E-state index < -0.39 is 49.3 Å². The van der Waals surface area contributed by atoms with E-state index in [-0.39, 0.29) is 30.5 Å². The predicted octanol–water partition coefficient (Wildman–Crippen LogP) is 0.0256. The first-order valence-electron chi connectivity index (χ1n) is 12.6. The minimum Gasteiger partial charge on any atom is -0.493 e. The van der Waals surface area contributed by atoms with Gasteiger partial charge in [0, 0.05) is 17.7 Å². The number of aliphatic hydroxyl groups excluding tert-OH is 6. The van der Waals surface area contributed by atoms with Crippen molar-refractivity contribution in [3.8, 4) is 28.7 Å². The van der Waals surface area contributed by atoms with Crippen LogP contribution in [0.1, 0.15) is 35.1 Å². The van der Waals surface area contributed by atoms with Crippen LogP contribution in [0.5, 0.6) is 28.7 Å². The summed E-state index contributed by atoms with van der Waals surface area (Å²) in [6.45, 7) is -0.775. The van der Waals surface area contributed by atoms with Gasteiger partial charge in [0.25, 0.3) is 0 Å². The topological polar surface area (TPSA) is 177 Å². The number of benzene rings is 2. The zero-order valence-electron chi connectivity index (χ0n) is 22.0. The van der Waals surface area contributed by atoms with Crippen molar-refractivity contribution >= 4 is 0 Å². The SMILES string of the molecule is COc1cc([C@H]2Oc3c(OC)cc(CCCO)cc3[C@@H]2CO)cc(OC)c1O[C@@H]1O[C@H](CO)[C@@H](O)[C@H](O)[C@H]1O. The molecule has 6 N–H and O–H groups in total. The summed E-state index contributed by atoms with van der Waals surface area (Å²) in [5.74, 6) is 1.00. The fraction of sp³-hybridized carbons (Fsp3) is 0.556. The maximum Gasteiger partial charge on any atom is 0.229 e. The summed E-state index contributed by atoms with van der Waals surface area (Å²) in [5.41, 5.74) is 2.31. The van der Waals surface area contributed by atoms with E-state index in [0.717, 1.165) is 11.1 Å². The van der Waals surface area contributed by atoms with E-state index >= 15 is 0 Å². The van der Waals surface area contributed by atoms with Crippen LogP contribution in [0.2, 0.25) is 0 Å². The van der Waals surface area contributed by atoms with Gasteiger partial charge in [-0.3, -0.25) is 0 Å². The van der Waals surface area contributed by atoms with E-state index in [2.05, 4.69) is 0 Å². The van der Waals surface area contributed by atoms with E-state index in [1.807, 2.05) is 12.1 Å². The predicted molar refractivity (Wildman–Crippen MR) is 136 cm³/mol. The van der Waals surface area contributed by atoms with Crippen LogP contribution in [0.25, 0.3) is 0 Å². The molecule has 0 radical (unpaired) electrons. The van der Waals surface area contributed by atoms with Gasteiger partial charge in [0.1, 0.15) is 30.5 Å². The first-order chi connectivity index (χ1) is 18.8. The van der Waals surface area contributed by atoms with Crippen LogP contribution in [0, 0.1) is 0 Å². The van der Waals surface area contributed by atoms with E-state index in [1.165, 1.54) is 21.3 Å². The van der Waals surface area contributed by atoms with Gasteiger partial charge < -0.3 is 59.1 Å². The van der Waals surface area contributed by atoms with Crippen molar-refractivity contribution in [1.82, 2.24) is 0 Å². The zero-order chi connectivity index (χ0) is 28.3. The lowest BCUT2D eigenvalue weighted by atomic mass is 9.90. The molecule has 0 aromatic heterocycles. The second-order valence-electron chi connectivity index (χ2n) is 9.44. The molecule has 2 aromatic carbocycles. The molecule has 2 aliphatic heterocycles. The Morgan fingerprint density at radius 2 is 1.46 bits per heavy atom. The molecule has 39 heavy (non-hydrogen) atoms. The van der Waals surface area contributed by atoms with Gasteiger partial charge in [-0.05, 0) is 36.6 Å². The summed E-state index contributed by atoms with van der Waals surface area (Å²) in [4.78, 5) is 0. The molecule has 0 saturated carbocycles. The smallest absolute Gasteiger partial charge is 0.229 e. The largest absolute Gasteiger partial charge is 0.493 e. The normalized spacial score (nSPS) is 28.0. The lowest BCUT2D eigenvalue weighted by molar-refractivity contribution is -0.277. The summed E-state index contributed by atoms with van der Waals surface area (Å²) < 4.78 is 34.3. The van der Waals surface area contributed by atoms with E-state index in [1.54, 1.807) is 12.1 Å². The van der Waals surface area contributed by atoms with Crippen LogP contribution < -0.4 is 23.7 Å². The molecule has 1 fully saturated rings. The van der Waals surface area contributed by atoms with Crippen LogP contribution in [0.15, 0.2) is 24.3 Å². The Kier molecular flexibility index (Phi) is 9.39. The van der Waals surface area contributed by atoms with Crippen LogP contribution in [0.3, 0.4) is 0 Å². The van der Waals surface area contributed by atoms with E-state index in [0.29, 0.717) is 29.9 Å². The van der Waals surface area contributed by atoms with Gasteiger partial charge in [-0.1, -0.05) is 6.07 Å². The molecule has 216 valence electrons. The molecule has 0 unspecified atom stereocenters. The zero-order valence-corrected chi connectivity index (χ0v) is 22.0. The van der Waals surface area contributed by atoms with Gasteiger partial charge in [-0.2, -0.15) is 0 Å². The number of hydrogen-bond donors (Lipinski definition) is 6. The third-order valence-corrected chi connectivity index (χ3v) is 7.09. The molecule has 4 rings (SSSR count). The molecule has 12 nitrogen and oxygen atoms in total. The maximum absolute atomic E-state index is 10.4. The highest BCUT2D eigenvalue weighted by Gasteiger charge is 2.45. The number of methoxy groups -OCH3 is 3. The molecule has 2 aliphatic rings. The van der Waals surface area contributed by atoms with Crippen molar-refractivity contribution in [3.05, 3.63) is 41.0 Å². The molecule has 0 bridgehead atoms. The minimum atomic E-state index is -1.63. The molecule has 0 aliphatic carbocycles. The standard InChI is InChI=1S/C27H36O12/c1-34-17-8-13(5-4-6-28)7-15-16(11-29)24(38-25(15)17)14-9-18(35-2)26(19(10-14)36-3)39-27-23(33)22(32)21(31)20(12-30)37-27/h7-10,16,20-24,27-33H,4-6,11-12H2,1-3H3/t16-,20+,21+,22-,23+,24+,27-/m0/s1. The van der Waals surface area contributed by atoms with Crippen molar-refractivity contribution in [3.63, 3.8) is 0 Å². The first-order valence-corrected chi connectivity index (χ1v) is 12.6. The van der Waals surface area contributed by atoms with Crippen molar-refractivity contribution in [2.24, 2.45) is 0 Å². The lowest BCUT2D eigenvalue weighted by Crippen LogP contribution is -2.60. The van der Waals surface area contributed by atoms with Crippen LogP contribution >= 0.6 is 0 Å². The Morgan fingerprint density at radius 3 is 2.03 bits per heavy atom. The van der Waals surface area contributed by atoms with Crippen molar-refractivity contribution < 1.29 is 59.1 Å². The summed E-state index contributed by atoms with van der Waals surface area (Å²) in [7, 11) is 4.35. The lowest BCUT2D eigenvalue weighted by Gasteiger charge is -2.39. The average Bonchev–Trinajstić information content (AvgIpc) is 3.34. The molecule has 0 spiro atoms. The van der Waals surface area contributed by atoms with Gasteiger partial charge in [0.15, 0.2) is 23.0 Å². The third-order valence-electron chi connectivity index (χ3n) is 7.09. The number of rotatable bonds is 11.